The van der Waals surface area contributed by atoms with Crippen molar-refractivity contribution in [1.29, 1.82) is 0 Å². The maximum Gasteiger partial charge on any atom is 0.237 e. The molecule has 1 saturated carbocycles. The zero-order valence-corrected chi connectivity index (χ0v) is 9.96. The third kappa shape index (κ3) is 3.82. The Morgan fingerprint density at radius 2 is 2.27 bits per heavy atom. The van der Waals surface area contributed by atoms with E-state index in [4.69, 9.17) is 5.73 Å². The fraction of sp³-hybridized carbons (Fsp3) is 0.917. The van der Waals surface area contributed by atoms with Crippen molar-refractivity contribution in [2.24, 2.45) is 11.7 Å². The first-order valence-electron chi connectivity index (χ1n) is 6.21. The molecule has 0 aromatic rings. The van der Waals surface area contributed by atoms with E-state index in [1.54, 1.807) is 0 Å². The van der Waals surface area contributed by atoms with Crippen molar-refractivity contribution in [2.45, 2.75) is 64.5 Å². The molecule has 88 valence electrons. The van der Waals surface area contributed by atoms with E-state index in [0.717, 1.165) is 25.7 Å². The standard InChI is InChI=1S/C12H24N2O/c1-3-4-7-10(13)12(15)14-11-8-5-6-9(11)2/h9-11H,3-8,13H2,1-2H3,(H,14,15)/t9?,10-,11?/m0/s1. The van der Waals surface area contributed by atoms with Crippen LogP contribution in [0.3, 0.4) is 0 Å². The topological polar surface area (TPSA) is 55.1 Å². The van der Waals surface area contributed by atoms with Crippen LogP contribution in [0.5, 0.6) is 0 Å². The van der Waals surface area contributed by atoms with E-state index >= 15 is 0 Å². The number of nitrogens with one attached hydrogen (secondary N) is 1. The largest absolute Gasteiger partial charge is 0.352 e. The van der Waals surface area contributed by atoms with Gasteiger partial charge in [0.15, 0.2) is 0 Å². The minimum Gasteiger partial charge on any atom is -0.352 e. The number of unbranched alkanes of at least 4 members (excludes halogenated alkanes) is 1. The molecular weight excluding hydrogens is 188 g/mol. The Morgan fingerprint density at radius 3 is 2.80 bits per heavy atom. The van der Waals surface area contributed by atoms with Crippen molar-refractivity contribution in [3.8, 4) is 0 Å². The molecule has 0 aromatic heterocycles. The summed E-state index contributed by atoms with van der Waals surface area (Å²) in [7, 11) is 0. The van der Waals surface area contributed by atoms with Crippen LogP contribution < -0.4 is 11.1 Å². The average Bonchev–Trinajstić information content (AvgIpc) is 2.61. The molecule has 1 amide bonds. The van der Waals surface area contributed by atoms with Crippen molar-refractivity contribution >= 4 is 5.91 Å². The lowest BCUT2D eigenvalue weighted by Crippen LogP contribution is -2.46. The van der Waals surface area contributed by atoms with E-state index in [1.807, 2.05) is 0 Å². The lowest BCUT2D eigenvalue weighted by Gasteiger charge is -2.20. The number of carbonyl (C=O) groups excluding carboxylic acids is 1. The highest BCUT2D eigenvalue weighted by atomic mass is 16.2. The zero-order valence-electron chi connectivity index (χ0n) is 9.96. The van der Waals surface area contributed by atoms with E-state index in [1.165, 1.54) is 12.8 Å². The van der Waals surface area contributed by atoms with Crippen LogP contribution in [0.15, 0.2) is 0 Å². The van der Waals surface area contributed by atoms with Crippen molar-refractivity contribution in [2.75, 3.05) is 0 Å². The molecule has 0 radical (unpaired) electrons. The summed E-state index contributed by atoms with van der Waals surface area (Å²) in [6.07, 6.45) is 6.53. The maximum atomic E-state index is 11.7. The minimum atomic E-state index is -0.308. The van der Waals surface area contributed by atoms with E-state index in [-0.39, 0.29) is 11.9 Å². The maximum absolute atomic E-state index is 11.7. The summed E-state index contributed by atoms with van der Waals surface area (Å²) in [5, 5.41) is 3.07. The predicted molar refractivity (Wildman–Crippen MR) is 62.4 cm³/mol. The van der Waals surface area contributed by atoms with Crippen LogP contribution in [0, 0.1) is 5.92 Å². The van der Waals surface area contributed by atoms with E-state index < -0.39 is 0 Å². The molecule has 1 rings (SSSR count). The molecule has 0 spiro atoms. The quantitative estimate of drug-likeness (QED) is 0.730. The second-order valence-corrected chi connectivity index (χ2v) is 4.77. The first kappa shape index (κ1) is 12.5. The number of hydrogen-bond donors (Lipinski definition) is 2. The molecular formula is C12H24N2O. The SMILES string of the molecule is CCCC[C@H](N)C(=O)NC1CCCC1C. The molecule has 1 aliphatic carbocycles. The number of amides is 1. The van der Waals surface area contributed by atoms with Gasteiger partial charge in [-0.2, -0.15) is 0 Å². The lowest BCUT2D eigenvalue weighted by molar-refractivity contribution is -0.123. The van der Waals surface area contributed by atoms with Gasteiger partial charge in [-0.1, -0.05) is 33.1 Å². The smallest absolute Gasteiger partial charge is 0.237 e. The molecule has 0 aromatic carbocycles. The molecule has 3 heteroatoms. The van der Waals surface area contributed by atoms with E-state index in [9.17, 15) is 4.79 Å². The first-order chi connectivity index (χ1) is 7.15. The summed E-state index contributed by atoms with van der Waals surface area (Å²) in [6.45, 7) is 4.32. The summed E-state index contributed by atoms with van der Waals surface area (Å²) in [6, 6.07) is 0.0583. The van der Waals surface area contributed by atoms with Crippen LogP contribution in [0.1, 0.15) is 52.4 Å². The average molecular weight is 212 g/mol. The predicted octanol–water partition coefficient (Wildman–Crippen LogP) is 1.81. The highest BCUT2D eigenvalue weighted by Crippen LogP contribution is 2.24. The van der Waals surface area contributed by atoms with Gasteiger partial charge >= 0.3 is 0 Å². The summed E-state index contributed by atoms with van der Waals surface area (Å²) < 4.78 is 0. The Hall–Kier alpha value is -0.570. The van der Waals surface area contributed by atoms with Crippen LogP contribution in [-0.2, 0) is 4.79 Å². The van der Waals surface area contributed by atoms with Gasteiger partial charge in [-0.05, 0) is 25.2 Å². The van der Waals surface area contributed by atoms with Crippen molar-refractivity contribution in [3.05, 3.63) is 0 Å². The number of nitrogens with two attached hydrogens (primary N) is 1. The van der Waals surface area contributed by atoms with Crippen LogP contribution in [0.25, 0.3) is 0 Å². The normalized spacial score (nSPS) is 27.7. The Labute approximate surface area is 92.8 Å². The lowest BCUT2D eigenvalue weighted by atomic mass is 10.0. The Morgan fingerprint density at radius 1 is 1.53 bits per heavy atom. The molecule has 2 unspecified atom stereocenters. The minimum absolute atomic E-state index is 0.0437. The van der Waals surface area contributed by atoms with Gasteiger partial charge in [0.2, 0.25) is 5.91 Å². The van der Waals surface area contributed by atoms with Crippen LogP contribution >= 0.6 is 0 Å². The second-order valence-electron chi connectivity index (χ2n) is 4.77. The van der Waals surface area contributed by atoms with Crippen LogP contribution in [0.4, 0.5) is 0 Å². The van der Waals surface area contributed by atoms with Gasteiger partial charge < -0.3 is 11.1 Å². The number of rotatable bonds is 5. The highest BCUT2D eigenvalue weighted by molar-refractivity contribution is 5.81. The molecule has 0 aliphatic heterocycles. The Bertz CT molecular complexity index is 206. The van der Waals surface area contributed by atoms with E-state index in [2.05, 4.69) is 19.2 Å². The first-order valence-corrected chi connectivity index (χ1v) is 6.21. The summed E-state index contributed by atoms with van der Waals surface area (Å²) in [5.41, 5.74) is 5.81. The third-order valence-electron chi connectivity index (χ3n) is 3.39. The molecule has 3 atom stereocenters. The fourth-order valence-corrected chi connectivity index (χ4v) is 2.20. The van der Waals surface area contributed by atoms with Crippen LogP contribution in [0.2, 0.25) is 0 Å². The molecule has 3 N–H and O–H groups in total. The molecule has 0 bridgehead atoms. The van der Waals surface area contributed by atoms with Crippen molar-refractivity contribution < 1.29 is 4.79 Å². The summed E-state index contributed by atoms with van der Waals surface area (Å²) in [4.78, 5) is 11.7. The van der Waals surface area contributed by atoms with Crippen LogP contribution in [-0.4, -0.2) is 18.0 Å². The summed E-state index contributed by atoms with van der Waals surface area (Å²) >= 11 is 0. The Kier molecular flexibility index (Phi) is 5.09. The van der Waals surface area contributed by atoms with E-state index in [0.29, 0.717) is 12.0 Å². The highest BCUT2D eigenvalue weighted by Gasteiger charge is 2.26. The third-order valence-corrected chi connectivity index (χ3v) is 3.39. The second kappa shape index (κ2) is 6.11. The fourth-order valence-electron chi connectivity index (χ4n) is 2.20. The van der Waals surface area contributed by atoms with Crippen molar-refractivity contribution in [1.82, 2.24) is 5.32 Å². The summed E-state index contributed by atoms with van der Waals surface area (Å²) in [5.74, 6) is 0.662. The van der Waals surface area contributed by atoms with Gasteiger partial charge in [-0.25, -0.2) is 0 Å². The van der Waals surface area contributed by atoms with Gasteiger partial charge in [-0.3, -0.25) is 4.79 Å². The van der Waals surface area contributed by atoms with Gasteiger partial charge in [0, 0.05) is 6.04 Å². The molecule has 0 saturated heterocycles. The molecule has 15 heavy (non-hydrogen) atoms. The molecule has 1 fully saturated rings. The molecule has 3 nitrogen and oxygen atoms in total. The van der Waals surface area contributed by atoms with Crippen molar-refractivity contribution in [3.63, 3.8) is 0 Å². The molecule has 1 aliphatic rings. The van der Waals surface area contributed by atoms with Gasteiger partial charge in [0.05, 0.1) is 6.04 Å². The monoisotopic (exact) mass is 212 g/mol. The van der Waals surface area contributed by atoms with Gasteiger partial charge in [0.1, 0.15) is 0 Å². The Balaban J connectivity index is 2.27. The van der Waals surface area contributed by atoms with Gasteiger partial charge in [-0.15, -0.1) is 0 Å². The van der Waals surface area contributed by atoms with Gasteiger partial charge in [0.25, 0.3) is 0 Å². The number of hydrogen-bond acceptors (Lipinski definition) is 2. The zero-order chi connectivity index (χ0) is 11.3. The number of carbonyl (C=O) groups is 1. The molecule has 0 heterocycles.